The predicted octanol–water partition coefficient (Wildman–Crippen LogP) is 4.22. The fraction of sp³-hybridized carbons (Fsp3) is 0.188. The van der Waals surface area contributed by atoms with E-state index in [0.717, 1.165) is 27.9 Å². The van der Waals surface area contributed by atoms with Gasteiger partial charge >= 0.3 is 0 Å². The Kier molecular flexibility index (Phi) is 4.99. The first-order valence-corrected chi connectivity index (χ1v) is 8.97. The third-order valence-corrected chi connectivity index (χ3v) is 4.64. The molecule has 2 N–H and O–H groups in total. The van der Waals surface area contributed by atoms with Crippen molar-refractivity contribution in [3.05, 3.63) is 51.9 Å². The fourth-order valence-electron chi connectivity index (χ4n) is 2.00. The van der Waals surface area contributed by atoms with Crippen molar-refractivity contribution in [2.45, 2.75) is 19.8 Å². The molecule has 0 atom stereocenters. The van der Waals surface area contributed by atoms with E-state index in [4.69, 9.17) is 0 Å². The zero-order valence-corrected chi connectivity index (χ0v) is 14.2. The van der Waals surface area contributed by atoms with Crippen molar-refractivity contribution in [2.24, 2.45) is 0 Å². The van der Waals surface area contributed by atoms with E-state index in [1.54, 1.807) is 28.2 Å². The molecule has 0 saturated carbocycles. The molecule has 23 heavy (non-hydrogen) atoms. The molecule has 0 bridgehead atoms. The minimum atomic E-state index is -0.00532. The number of carbonyl (C=O) groups excluding carboxylic acids is 1. The highest BCUT2D eigenvalue weighted by Crippen LogP contribution is 2.22. The van der Waals surface area contributed by atoms with Crippen LogP contribution in [0.15, 0.2) is 40.5 Å². The van der Waals surface area contributed by atoms with Crippen molar-refractivity contribution in [1.29, 1.82) is 0 Å². The third-order valence-electron chi connectivity index (χ3n) is 3.13. The number of hydrogen-bond acceptors (Lipinski definition) is 6. The molecule has 2 aromatic heterocycles. The molecule has 5 nitrogen and oxygen atoms in total. The lowest BCUT2D eigenvalue weighted by molar-refractivity contribution is -0.116. The molecule has 1 amide bonds. The van der Waals surface area contributed by atoms with Gasteiger partial charge in [0.15, 0.2) is 5.13 Å². The van der Waals surface area contributed by atoms with Crippen LogP contribution < -0.4 is 10.6 Å². The monoisotopic (exact) mass is 344 g/mol. The number of hydrogen-bond donors (Lipinski definition) is 2. The van der Waals surface area contributed by atoms with Crippen LogP contribution in [0.1, 0.15) is 17.8 Å². The Bertz CT molecular complexity index is 766. The van der Waals surface area contributed by atoms with Crippen LogP contribution in [0.4, 0.5) is 16.5 Å². The van der Waals surface area contributed by atoms with Gasteiger partial charge in [-0.25, -0.2) is 9.97 Å². The van der Waals surface area contributed by atoms with Crippen molar-refractivity contribution in [3.8, 4) is 0 Å². The first kappa shape index (κ1) is 15.6. The van der Waals surface area contributed by atoms with E-state index >= 15 is 0 Å². The Balaban J connectivity index is 1.51. The topological polar surface area (TPSA) is 66.9 Å². The standard InChI is InChI=1S/C16H16N4OS2/c1-11-8-23-16(18-11)20-13-4-2-12(3-5-13)19-15(21)7-6-14-9-22-10-17-14/h2-5,8-10H,6-7H2,1H3,(H,18,20)(H,19,21). The van der Waals surface area contributed by atoms with Crippen LogP contribution in [0.2, 0.25) is 0 Å². The van der Waals surface area contributed by atoms with Crippen molar-refractivity contribution in [1.82, 2.24) is 9.97 Å². The van der Waals surface area contributed by atoms with Crippen LogP contribution in [0.3, 0.4) is 0 Å². The lowest BCUT2D eigenvalue weighted by Crippen LogP contribution is -2.12. The second-order valence-corrected chi connectivity index (χ2v) is 6.60. The summed E-state index contributed by atoms with van der Waals surface area (Å²) in [7, 11) is 0. The molecule has 118 valence electrons. The number of aryl methyl sites for hydroxylation is 2. The summed E-state index contributed by atoms with van der Waals surface area (Å²) < 4.78 is 0. The quantitative estimate of drug-likeness (QED) is 0.702. The number of amides is 1. The average Bonchev–Trinajstić information content (AvgIpc) is 3.19. The first-order chi connectivity index (χ1) is 11.2. The zero-order valence-electron chi connectivity index (χ0n) is 12.6. The molecule has 7 heteroatoms. The van der Waals surface area contributed by atoms with Gasteiger partial charge in [-0.1, -0.05) is 0 Å². The molecule has 0 fully saturated rings. The van der Waals surface area contributed by atoms with Gasteiger partial charge in [-0.05, 0) is 37.6 Å². The second-order valence-electron chi connectivity index (χ2n) is 5.02. The van der Waals surface area contributed by atoms with E-state index < -0.39 is 0 Å². The van der Waals surface area contributed by atoms with Gasteiger partial charge in [0.1, 0.15) is 0 Å². The predicted molar refractivity (Wildman–Crippen MR) is 95.6 cm³/mol. The normalized spacial score (nSPS) is 10.5. The van der Waals surface area contributed by atoms with Crippen LogP contribution in [-0.4, -0.2) is 15.9 Å². The van der Waals surface area contributed by atoms with E-state index in [2.05, 4.69) is 20.6 Å². The molecule has 0 aliphatic rings. The van der Waals surface area contributed by atoms with Crippen LogP contribution >= 0.6 is 22.7 Å². The molecular formula is C16H16N4OS2. The largest absolute Gasteiger partial charge is 0.332 e. The van der Waals surface area contributed by atoms with Crippen molar-refractivity contribution >= 4 is 45.1 Å². The van der Waals surface area contributed by atoms with Gasteiger partial charge in [0, 0.05) is 28.6 Å². The molecule has 0 spiro atoms. The third kappa shape index (κ3) is 4.61. The number of aromatic nitrogens is 2. The average molecular weight is 344 g/mol. The molecular weight excluding hydrogens is 328 g/mol. The fourth-order valence-corrected chi connectivity index (χ4v) is 3.30. The Morgan fingerprint density at radius 3 is 2.61 bits per heavy atom. The molecule has 0 saturated heterocycles. The second kappa shape index (κ2) is 7.34. The summed E-state index contributed by atoms with van der Waals surface area (Å²) in [6.45, 7) is 1.96. The lowest BCUT2D eigenvalue weighted by atomic mass is 10.2. The Morgan fingerprint density at radius 1 is 1.17 bits per heavy atom. The Hall–Kier alpha value is -2.25. The van der Waals surface area contributed by atoms with Gasteiger partial charge in [0.05, 0.1) is 16.9 Å². The van der Waals surface area contributed by atoms with Crippen LogP contribution in [0, 0.1) is 6.92 Å². The molecule has 0 radical (unpaired) electrons. The molecule has 3 aromatic rings. The number of carbonyl (C=O) groups is 1. The SMILES string of the molecule is Cc1csc(Nc2ccc(NC(=O)CCc3cscn3)cc2)n1. The number of nitrogens with zero attached hydrogens (tertiary/aromatic N) is 2. The highest BCUT2D eigenvalue weighted by Gasteiger charge is 2.05. The summed E-state index contributed by atoms with van der Waals surface area (Å²) >= 11 is 3.11. The number of benzene rings is 1. The number of thiazole rings is 2. The maximum absolute atomic E-state index is 11.9. The summed E-state index contributed by atoms with van der Waals surface area (Å²) in [4.78, 5) is 20.5. The number of anilines is 3. The summed E-state index contributed by atoms with van der Waals surface area (Å²) in [6, 6.07) is 7.60. The highest BCUT2D eigenvalue weighted by molar-refractivity contribution is 7.13. The van der Waals surface area contributed by atoms with Gasteiger partial charge in [0.25, 0.3) is 0 Å². The first-order valence-electron chi connectivity index (χ1n) is 7.15. The molecule has 2 heterocycles. The van der Waals surface area contributed by atoms with Gasteiger partial charge in [-0.15, -0.1) is 22.7 Å². The van der Waals surface area contributed by atoms with Gasteiger partial charge in [-0.2, -0.15) is 0 Å². The smallest absolute Gasteiger partial charge is 0.224 e. The highest BCUT2D eigenvalue weighted by atomic mass is 32.1. The van der Waals surface area contributed by atoms with E-state index in [-0.39, 0.29) is 5.91 Å². The number of rotatable bonds is 6. The Labute approximate surface area is 142 Å². The van der Waals surface area contributed by atoms with E-state index in [9.17, 15) is 4.79 Å². The van der Waals surface area contributed by atoms with Gasteiger partial charge in [-0.3, -0.25) is 4.79 Å². The number of nitrogens with one attached hydrogen (secondary N) is 2. The summed E-state index contributed by atoms with van der Waals surface area (Å²) in [5.74, 6) is -0.00532. The van der Waals surface area contributed by atoms with Crippen molar-refractivity contribution < 1.29 is 4.79 Å². The molecule has 1 aromatic carbocycles. The Morgan fingerprint density at radius 2 is 1.96 bits per heavy atom. The molecule has 0 aliphatic heterocycles. The summed E-state index contributed by atoms with van der Waals surface area (Å²) in [6.07, 6.45) is 1.10. The van der Waals surface area contributed by atoms with E-state index in [1.165, 1.54) is 0 Å². The maximum Gasteiger partial charge on any atom is 0.224 e. The molecule has 3 rings (SSSR count). The van der Waals surface area contributed by atoms with Gasteiger partial charge in [0.2, 0.25) is 5.91 Å². The van der Waals surface area contributed by atoms with Crippen LogP contribution in [0.5, 0.6) is 0 Å². The summed E-state index contributed by atoms with van der Waals surface area (Å²) in [5.41, 5.74) is 5.47. The minimum Gasteiger partial charge on any atom is -0.332 e. The maximum atomic E-state index is 11.9. The summed E-state index contributed by atoms with van der Waals surface area (Å²) in [5, 5.41) is 11.0. The van der Waals surface area contributed by atoms with Crippen molar-refractivity contribution in [2.75, 3.05) is 10.6 Å². The van der Waals surface area contributed by atoms with E-state index in [0.29, 0.717) is 12.8 Å². The van der Waals surface area contributed by atoms with Gasteiger partial charge < -0.3 is 10.6 Å². The molecule has 0 aliphatic carbocycles. The van der Waals surface area contributed by atoms with Crippen LogP contribution in [0.25, 0.3) is 0 Å². The minimum absolute atomic E-state index is 0.00532. The van der Waals surface area contributed by atoms with Crippen LogP contribution in [-0.2, 0) is 11.2 Å². The van der Waals surface area contributed by atoms with E-state index in [1.807, 2.05) is 41.9 Å². The molecule has 0 unspecified atom stereocenters. The van der Waals surface area contributed by atoms with Crippen molar-refractivity contribution in [3.63, 3.8) is 0 Å². The lowest BCUT2D eigenvalue weighted by Gasteiger charge is -2.07. The zero-order chi connectivity index (χ0) is 16.1.